The molecule has 0 spiro atoms. The maximum Gasteiger partial charge on any atom is 0.338 e. The molecule has 70 heavy (non-hydrogen) atoms. The fraction of sp³-hybridized carbons (Fsp3) is 0.704. The van der Waals surface area contributed by atoms with Crippen LogP contribution in [0.25, 0.3) is 0 Å². The van der Waals surface area contributed by atoms with E-state index in [0.717, 1.165) is 0 Å². The van der Waals surface area contributed by atoms with E-state index < -0.39 is 114 Å². The van der Waals surface area contributed by atoms with E-state index in [2.05, 4.69) is 6.92 Å². The van der Waals surface area contributed by atoms with E-state index in [1.54, 1.807) is 90.3 Å². The van der Waals surface area contributed by atoms with Crippen molar-refractivity contribution in [3.8, 4) is 0 Å². The molecule has 2 aromatic rings. The van der Waals surface area contributed by atoms with Gasteiger partial charge in [-0.05, 0) is 112 Å². The van der Waals surface area contributed by atoms with E-state index in [-0.39, 0.29) is 36.7 Å². The average molecular weight is 982 g/mol. The molecular weight excluding hydrogens is 903 g/mol. The summed E-state index contributed by atoms with van der Waals surface area (Å²) in [5, 5.41) is 0. The molecule has 4 aliphatic heterocycles. The number of hydrogen-bond acceptors (Lipinski definition) is 16. The lowest BCUT2D eigenvalue weighted by Gasteiger charge is -2.51. The molecule has 4 aliphatic rings. The van der Waals surface area contributed by atoms with Crippen LogP contribution in [0.4, 0.5) is 0 Å². The van der Waals surface area contributed by atoms with E-state index in [0.29, 0.717) is 24.0 Å². The van der Waals surface area contributed by atoms with Crippen molar-refractivity contribution in [1.82, 2.24) is 4.90 Å². The summed E-state index contributed by atoms with van der Waals surface area (Å²) in [6.45, 7) is 20.4. The molecule has 18 atom stereocenters. The molecule has 6 rings (SSSR count). The Hall–Kier alpha value is -3.84. The minimum atomic E-state index is -1.20. The number of benzene rings is 2. The van der Waals surface area contributed by atoms with Crippen molar-refractivity contribution in [3.05, 3.63) is 71.8 Å². The summed E-state index contributed by atoms with van der Waals surface area (Å²) in [5.74, 6) is -5.77. The summed E-state index contributed by atoms with van der Waals surface area (Å²) in [5.41, 5.74) is -1.56. The first-order chi connectivity index (χ1) is 33.0. The number of fused-ring (bicyclic) bond motifs is 2. The molecule has 16 heteroatoms. The van der Waals surface area contributed by atoms with Crippen LogP contribution in [0.2, 0.25) is 0 Å². The highest BCUT2D eigenvalue weighted by Crippen LogP contribution is 2.45. The molecule has 390 valence electrons. The number of carbonyl (C=O) groups excluding carboxylic acids is 4. The molecule has 4 fully saturated rings. The average Bonchev–Trinajstić information content (AvgIpc) is 3.33. The monoisotopic (exact) mass is 982 g/mol. The third kappa shape index (κ3) is 12.3. The Morgan fingerprint density at radius 2 is 1.29 bits per heavy atom. The number of hydrogen-bond donors (Lipinski definition) is 0. The number of methoxy groups -OCH3 is 2. The largest absolute Gasteiger partial charge is 0.454 e. The van der Waals surface area contributed by atoms with Crippen LogP contribution in [0.3, 0.4) is 0 Å². The van der Waals surface area contributed by atoms with Gasteiger partial charge in [-0.1, -0.05) is 64.1 Å². The Morgan fingerprint density at radius 1 is 0.714 bits per heavy atom. The van der Waals surface area contributed by atoms with Gasteiger partial charge in [-0.25, -0.2) is 9.59 Å². The molecule has 4 saturated heterocycles. The minimum absolute atomic E-state index is 0.0860. The van der Waals surface area contributed by atoms with Crippen molar-refractivity contribution in [2.75, 3.05) is 28.3 Å². The highest BCUT2D eigenvalue weighted by atomic mass is 16.7. The number of esters is 3. The van der Waals surface area contributed by atoms with Crippen molar-refractivity contribution >= 4 is 23.7 Å². The molecule has 0 aliphatic carbocycles. The highest BCUT2D eigenvalue weighted by Gasteiger charge is 2.56. The molecular formula is C54H79NO15. The zero-order valence-electron chi connectivity index (χ0n) is 43.9. The van der Waals surface area contributed by atoms with Crippen molar-refractivity contribution in [1.29, 1.82) is 0 Å². The Kier molecular flexibility index (Phi) is 18.2. The van der Waals surface area contributed by atoms with Gasteiger partial charge < -0.3 is 57.0 Å². The van der Waals surface area contributed by atoms with Crippen molar-refractivity contribution < 1.29 is 71.3 Å². The second kappa shape index (κ2) is 22.9. The van der Waals surface area contributed by atoms with E-state index in [9.17, 15) is 19.2 Å². The van der Waals surface area contributed by atoms with Crippen LogP contribution >= 0.6 is 0 Å². The van der Waals surface area contributed by atoms with Gasteiger partial charge in [0.25, 0.3) is 0 Å². The van der Waals surface area contributed by atoms with E-state index in [1.165, 1.54) is 7.11 Å². The van der Waals surface area contributed by atoms with Crippen molar-refractivity contribution in [3.63, 3.8) is 0 Å². The van der Waals surface area contributed by atoms with Crippen molar-refractivity contribution in [2.45, 2.75) is 192 Å². The lowest BCUT2D eigenvalue weighted by atomic mass is 9.74. The summed E-state index contributed by atoms with van der Waals surface area (Å²) in [4.78, 5) is 58.6. The predicted molar refractivity (Wildman–Crippen MR) is 258 cm³/mol. The Labute approximate surface area is 414 Å². The number of carbonyl (C=O) groups is 4. The zero-order chi connectivity index (χ0) is 51.5. The molecule has 2 aromatic carbocycles. The zero-order valence-corrected chi connectivity index (χ0v) is 43.9. The van der Waals surface area contributed by atoms with E-state index >= 15 is 0 Å². The lowest BCUT2D eigenvalue weighted by molar-refractivity contribution is -0.329. The topological polar surface area (TPSA) is 173 Å². The third-order valence-electron chi connectivity index (χ3n) is 15.0. The third-order valence-corrected chi connectivity index (χ3v) is 15.0. The summed E-state index contributed by atoms with van der Waals surface area (Å²) >= 11 is 0. The Bertz CT molecular complexity index is 2070. The number of Topliss-reactive ketones (excluding diaryl/α,β-unsaturated/α-hetero) is 1. The number of likely N-dealkylation sites (N-methyl/N-ethyl adjacent to an activating group) is 1. The van der Waals surface area contributed by atoms with Crippen LogP contribution in [0.1, 0.15) is 123 Å². The standard InChI is InChI=1S/C54H79NO15/c1-16-39-41(56)44-32(4)42(69-52(8,9)70-44)30(2)28-53(10,60-14)46(68-51-45(38(55(12)13)27-31(3)62-51)66-49(58)36-23-19-17-20-24-36)33(5)43(34(6)48(57)64-39)65-40-29-54(11,61-15)47(35(7)63-40)67-50(59)37-25-21-18-22-26-37/h17-26,30-35,38-40,42-47,51H,16,27-29H2,1-15H3/t30-,31-,32+,33+,34-,35+,38+,39-,40?,42+,43+,44-,45-,46-,47+,51?,53-,54-/m1/s1. The number of ether oxygens (including phenoxy) is 11. The van der Waals surface area contributed by atoms with Gasteiger partial charge >= 0.3 is 17.9 Å². The van der Waals surface area contributed by atoms with Crippen LogP contribution in [0, 0.1) is 23.7 Å². The smallest absolute Gasteiger partial charge is 0.338 e. The quantitative estimate of drug-likeness (QED) is 0.150. The Morgan fingerprint density at radius 3 is 1.84 bits per heavy atom. The predicted octanol–water partition coefficient (Wildman–Crippen LogP) is 7.58. The first-order valence-corrected chi connectivity index (χ1v) is 25.0. The number of nitrogens with zero attached hydrogens (tertiary/aromatic N) is 1. The SMILES string of the molecule is CC[C@H]1OC(=O)[C@H](C)[C@@H](OC2C[C@@](C)(OC)[C@@H](OC(=O)c3ccccc3)[C@H](C)O2)[C@H](C)[C@@H](OC2O[C@H](C)C[C@H](N(C)C)[C@H]2OC(=O)c2ccccc2)[C@](C)(OC)C[C@@H](C)[C@@H]2OC(C)(C)O[C@@H](C1=O)[C@H]2C. The Balaban J connectivity index is 1.45. The van der Waals surface area contributed by atoms with Crippen molar-refractivity contribution in [2.24, 2.45) is 23.7 Å². The molecule has 0 radical (unpaired) electrons. The summed E-state index contributed by atoms with van der Waals surface area (Å²) < 4.78 is 72.2. The molecule has 0 amide bonds. The van der Waals surface area contributed by atoms with Gasteiger partial charge in [0.2, 0.25) is 5.78 Å². The summed E-state index contributed by atoms with van der Waals surface area (Å²) in [6.07, 6.45) is -8.43. The highest BCUT2D eigenvalue weighted by molar-refractivity contribution is 5.91. The van der Waals surface area contributed by atoms with Crippen LogP contribution < -0.4 is 0 Å². The maximum absolute atomic E-state index is 14.8. The molecule has 0 saturated carbocycles. The molecule has 4 heterocycles. The van der Waals surface area contributed by atoms with Gasteiger partial charge in [-0.3, -0.25) is 9.59 Å². The first kappa shape index (κ1) is 55.5. The van der Waals surface area contributed by atoms with Gasteiger partial charge in [0, 0.05) is 32.5 Å². The van der Waals surface area contributed by atoms with Crippen LogP contribution in [-0.2, 0) is 61.7 Å². The van der Waals surface area contributed by atoms with Crippen LogP contribution in [0.5, 0.6) is 0 Å². The molecule has 2 bridgehead atoms. The molecule has 2 unspecified atom stereocenters. The second-order valence-electron chi connectivity index (χ2n) is 21.1. The maximum atomic E-state index is 14.8. The van der Waals surface area contributed by atoms with Crippen LogP contribution in [-0.4, -0.2) is 147 Å². The molecule has 0 aromatic heterocycles. The number of rotatable bonds is 12. The molecule has 16 nitrogen and oxygen atoms in total. The first-order valence-electron chi connectivity index (χ1n) is 25.0. The van der Waals surface area contributed by atoms with Gasteiger partial charge in [0.05, 0.1) is 59.2 Å². The van der Waals surface area contributed by atoms with Gasteiger partial charge in [0.1, 0.15) is 11.7 Å². The molecule has 0 N–H and O–H groups in total. The van der Waals surface area contributed by atoms with E-state index in [4.69, 9.17) is 52.1 Å². The van der Waals surface area contributed by atoms with Gasteiger partial charge in [-0.15, -0.1) is 0 Å². The lowest BCUT2D eigenvalue weighted by Crippen LogP contribution is -2.62. The number of ketones is 1. The van der Waals surface area contributed by atoms with Gasteiger partial charge in [-0.2, -0.15) is 0 Å². The fourth-order valence-electron chi connectivity index (χ4n) is 11.1. The van der Waals surface area contributed by atoms with E-state index in [1.807, 2.05) is 65.7 Å². The van der Waals surface area contributed by atoms with Gasteiger partial charge in [0.15, 0.2) is 36.7 Å². The normalized spacial score (nSPS) is 39.6. The summed E-state index contributed by atoms with van der Waals surface area (Å²) in [7, 11) is 7.00. The number of cyclic esters (lactones) is 1. The van der Waals surface area contributed by atoms with Crippen LogP contribution in [0.15, 0.2) is 60.7 Å². The minimum Gasteiger partial charge on any atom is -0.454 e. The fourth-order valence-corrected chi connectivity index (χ4v) is 11.1. The summed E-state index contributed by atoms with van der Waals surface area (Å²) in [6, 6.07) is 17.1. The second-order valence-corrected chi connectivity index (χ2v) is 21.1.